The van der Waals surface area contributed by atoms with E-state index in [1.807, 2.05) is 6.92 Å². The van der Waals surface area contributed by atoms with Crippen LogP contribution in [0.1, 0.15) is 28.4 Å². The van der Waals surface area contributed by atoms with Crippen LogP contribution in [0.4, 0.5) is 13.2 Å². The molecule has 0 aliphatic carbocycles. The van der Waals surface area contributed by atoms with Crippen molar-refractivity contribution in [3.63, 3.8) is 0 Å². The minimum Gasteiger partial charge on any atom is -0.494 e. The summed E-state index contributed by atoms with van der Waals surface area (Å²) < 4.78 is 43.8. The number of carbonyl (C=O) groups is 1. The summed E-state index contributed by atoms with van der Waals surface area (Å²) in [6, 6.07) is 11.3. The normalized spacial score (nSPS) is 11.5. The maximum absolute atomic E-state index is 12.8. The minimum absolute atomic E-state index is 0.128. The van der Waals surface area contributed by atoms with Crippen LogP contribution in [0.2, 0.25) is 0 Å². The molecule has 0 spiro atoms. The summed E-state index contributed by atoms with van der Waals surface area (Å²) in [6.07, 6.45) is -3.52. The van der Waals surface area contributed by atoms with Crippen molar-refractivity contribution < 1.29 is 22.7 Å². The van der Waals surface area contributed by atoms with Gasteiger partial charge in [0.25, 0.3) is 5.91 Å². The van der Waals surface area contributed by atoms with Crippen LogP contribution in [0.5, 0.6) is 5.75 Å². The number of nitrogens with one attached hydrogen (secondary N) is 1. The van der Waals surface area contributed by atoms with Gasteiger partial charge in [-0.3, -0.25) is 4.79 Å². The monoisotopic (exact) mass is 336 g/mol. The Morgan fingerprint density at radius 3 is 2.46 bits per heavy atom. The van der Waals surface area contributed by atoms with Gasteiger partial charge in [-0.05, 0) is 37.3 Å². The number of hydrogen-bond acceptors (Lipinski definition) is 3. The van der Waals surface area contributed by atoms with Crippen LogP contribution in [0, 0.1) is 0 Å². The van der Waals surface area contributed by atoms with Crippen LogP contribution in [0.3, 0.4) is 0 Å². The molecule has 2 aromatic carbocycles. The molecule has 0 aromatic heterocycles. The molecule has 4 nitrogen and oxygen atoms in total. The maximum Gasteiger partial charge on any atom is 0.417 e. The Labute approximate surface area is 137 Å². The first-order valence-corrected chi connectivity index (χ1v) is 7.14. The van der Waals surface area contributed by atoms with E-state index in [2.05, 4.69) is 10.5 Å². The highest BCUT2D eigenvalue weighted by molar-refractivity contribution is 5.95. The van der Waals surface area contributed by atoms with Crippen LogP contribution in [0.25, 0.3) is 0 Å². The van der Waals surface area contributed by atoms with Gasteiger partial charge in [0.15, 0.2) is 0 Å². The zero-order valence-corrected chi connectivity index (χ0v) is 12.8. The van der Waals surface area contributed by atoms with Gasteiger partial charge in [0, 0.05) is 11.1 Å². The van der Waals surface area contributed by atoms with Gasteiger partial charge in [-0.25, -0.2) is 5.43 Å². The Morgan fingerprint density at radius 2 is 1.83 bits per heavy atom. The van der Waals surface area contributed by atoms with Crippen LogP contribution in [-0.4, -0.2) is 18.7 Å². The van der Waals surface area contributed by atoms with Crippen LogP contribution < -0.4 is 10.2 Å². The topological polar surface area (TPSA) is 50.7 Å². The van der Waals surface area contributed by atoms with Gasteiger partial charge in [-0.1, -0.05) is 18.2 Å². The van der Waals surface area contributed by atoms with Crippen molar-refractivity contribution in [1.29, 1.82) is 0 Å². The summed E-state index contributed by atoms with van der Waals surface area (Å²) in [7, 11) is 0. The van der Waals surface area contributed by atoms with Crippen molar-refractivity contribution in [3.05, 3.63) is 65.2 Å². The Bertz CT molecular complexity index is 725. The van der Waals surface area contributed by atoms with Gasteiger partial charge in [0.2, 0.25) is 0 Å². The third-order valence-electron chi connectivity index (χ3n) is 3.06. The van der Waals surface area contributed by atoms with Crippen molar-refractivity contribution in [1.82, 2.24) is 5.43 Å². The molecule has 0 aliphatic rings. The average molecular weight is 336 g/mol. The molecular formula is C17H15F3N2O2. The number of ether oxygens (including phenoxy) is 1. The molecule has 0 atom stereocenters. The summed E-state index contributed by atoms with van der Waals surface area (Å²) in [5, 5.41) is 3.60. The second-order valence-electron chi connectivity index (χ2n) is 4.74. The molecule has 0 heterocycles. The first-order chi connectivity index (χ1) is 11.4. The lowest BCUT2D eigenvalue weighted by Crippen LogP contribution is -2.18. The Balaban J connectivity index is 2.05. The lowest BCUT2D eigenvalue weighted by molar-refractivity contribution is -0.137. The van der Waals surface area contributed by atoms with Gasteiger partial charge in [-0.2, -0.15) is 18.3 Å². The SMILES string of the molecule is CCOc1ccc(C(=O)NN=Cc2ccccc2C(F)(F)F)cc1. The van der Waals surface area contributed by atoms with E-state index in [1.165, 1.54) is 18.2 Å². The summed E-state index contributed by atoms with van der Waals surface area (Å²) in [5.41, 5.74) is 1.58. The fourth-order valence-electron chi connectivity index (χ4n) is 1.96. The predicted octanol–water partition coefficient (Wildman–Crippen LogP) is 3.87. The third kappa shape index (κ3) is 4.58. The fourth-order valence-corrected chi connectivity index (χ4v) is 1.96. The quantitative estimate of drug-likeness (QED) is 0.666. The highest BCUT2D eigenvalue weighted by Crippen LogP contribution is 2.31. The first kappa shape index (κ1) is 17.5. The summed E-state index contributed by atoms with van der Waals surface area (Å²) in [4.78, 5) is 11.9. The Morgan fingerprint density at radius 1 is 1.17 bits per heavy atom. The molecule has 126 valence electrons. The van der Waals surface area contributed by atoms with E-state index < -0.39 is 17.6 Å². The zero-order valence-electron chi connectivity index (χ0n) is 12.8. The van der Waals surface area contributed by atoms with Gasteiger partial charge in [0.05, 0.1) is 18.4 Å². The number of hydrogen-bond donors (Lipinski definition) is 1. The fraction of sp³-hybridized carbons (Fsp3) is 0.176. The lowest BCUT2D eigenvalue weighted by Gasteiger charge is -2.09. The number of hydrazone groups is 1. The highest BCUT2D eigenvalue weighted by atomic mass is 19.4. The lowest BCUT2D eigenvalue weighted by atomic mass is 10.1. The largest absolute Gasteiger partial charge is 0.494 e. The molecular weight excluding hydrogens is 321 g/mol. The second kappa shape index (κ2) is 7.63. The molecule has 1 N–H and O–H groups in total. The van der Waals surface area contributed by atoms with E-state index in [0.29, 0.717) is 17.9 Å². The summed E-state index contributed by atoms with van der Waals surface area (Å²) in [5.74, 6) is 0.0930. The molecule has 0 saturated heterocycles. The standard InChI is InChI=1S/C17H15F3N2O2/c1-2-24-14-9-7-12(8-10-14)16(23)22-21-11-13-5-3-4-6-15(13)17(18,19)20/h3-11H,2H2,1H3,(H,22,23). The van der Waals surface area contributed by atoms with Crippen molar-refractivity contribution in [2.75, 3.05) is 6.61 Å². The molecule has 2 aromatic rings. The average Bonchev–Trinajstić information content (AvgIpc) is 2.55. The van der Waals surface area contributed by atoms with Crippen molar-refractivity contribution in [2.45, 2.75) is 13.1 Å². The molecule has 0 aliphatic heterocycles. The number of amides is 1. The molecule has 24 heavy (non-hydrogen) atoms. The molecule has 7 heteroatoms. The van der Waals surface area contributed by atoms with Crippen molar-refractivity contribution in [3.8, 4) is 5.75 Å². The molecule has 0 saturated carbocycles. The molecule has 0 bridgehead atoms. The second-order valence-corrected chi connectivity index (χ2v) is 4.74. The molecule has 0 radical (unpaired) electrons. The number of rotatable bonds is 5. The third-order valence-corrected chi connectivity index (χ3v) is 3.06. The summed E-state index contributed by atoms with van der Waals surface area (Å²) >= 11 is 0. The van der Waals surface area contributed by atoms with Gasteiger partial charge in [0.1, 0.15) is 5.75 Å². The van der Waals surface area contributed by atoms with E-state index >= 15 is 0 Å². The van der Waals surface area contributed by atoms with Crippen LogP contribution >= 0.6 is 0 Å². The minimum atomic E-state index is -4.48. The predicted molar refractivity (Wildman–Crippen MR) is 84.1 cm³/mol. The smallest absolute Gasteiger partial charge is 0.417 e. The number of carbonyl (C=O) groups excluding carboxylic acids is 1. The molecule has 2 rings (SSSR count). The maximum atomic E-state index is 12.8. The number of halogens is 3. The van der Waals surface area contributed by atoms with Crippen molar-refractivity contribution in [2.24, 2.45) is 5.10 Å². The molecule has 0 fully saturated rings. The summed E-state index contributed by atoms with van der Waals surface area (Å²) in [6.45, 7) is 2.35. The molecule has 1 amide bonds. The van der Waals surface area contributed by atoms with Crippen LogP contribution in [0.15, 0.2) is 53.6 Å². The number of nitrogens with zero attached hydrogens (tertiary/aromatic N) is 1. The van der Waals surface area contributed by atoms with E-state index in [0.717, 1.165) is 12.3 Å². The molecule has 0 unspecified atom stereocenters. The van der Waals surface area contributed by atoms with E-state index in [-0.39, 0.29) is 5.56 Å². The van der Waals surface area contributed by atoms with Crippen molar-refractivity contribution >= 4 is 12.1 Å². The van der Waals surface area contributed by atoms with E-state index in [4.69, 9.17) is 4.74 Å². The Kier molecular flexibility index (Phi) is 5.57. The van der Waals surface area contributed by atoms with E-state index in [9.17, 15) is 18.0 Å². The van der Waals surface area contributed by atoms with E-state index in [1.54, 1.807) is 24.3 Å². The van der Waals surface area contributed by atoms with Gasteiger partial charge in [-0.15, -0.1) is 0 Å². The number of alkyl halides is 3. The van der Waals surface area contributed by atoms with Gasteiger partial charge >= 0.3 is 6.18 Å². The zero-order chi connectivity index (χ0) is 17.6. The van der Waals surface area contributed by atoms with Gasteiger partial charge < -0.3 is 4.74 Å². The first-order valence-electron chi connectivity index (χ1n) is 7.14. The van der Waals surface area contributed by atoms with Crippen LogP contribution in [-0.2, 0) is 6.18 Å². The highest BCUT2D eigenvalue weighted by Gasteiger charge is 2.32. The Hall–Kier alpha value is -2.83. The number of benzene rings is 2.